The van der Waals surface area contributed by atoms with Crippen LogP contribution in [-0.2, 0) is 6.54 Å². The summed E-state index contributed by atoms with van der Waals surface area (Å²) in [6.07, 6.45) is 1.67. The number of nitrogens with zero attached hydrogens (tertiary/aromatic N) is 3. The number of piperazine rings is 1. The number of urea groups is 1. The first kappa shape index (κ1) is 17.4. The fourth-order valence-electron chi connectivity index (χ4n) is 3.15. The minimum Gasteiger partial charge on any atom is -0.337 e. The maximum Gasteiger partial charge on any atom is 0.315 e. The number of H-pyrrole nitrogens is 1. The van der Waals surface area contributed by atoms with Crippen molar-refractivity contribution in [3.8, 4) is 0 Å². The maximum absolute atomic E-state index is 11.9. The number of carbonyl (C=O) groups is 1. The van der Waals surface area contributed by atoms with Gasteiger partial charge in [0.25, 0.3) is 0 Å². The summed E-state index contributed by atoms with van der Waals surface area (Å²) in [6.45, 7) is 4.98. The molecular weight excluding hydrogens is 316 g/mol. The minimum atomic E-state index is -0.153. The fourth-order valence-corrected chi connectivity index (χ4v) is 3.15. The summed E-state index contributed by atoms with van der Waals surface area (Å²) in [5.74, 6) is 0. The molecule has 7 heteroatoms. The third-order valence-corrected chi connectivity index (χ3v) is 4.56. The van der Waals surface area contributed by atoms with Gasteiger partial charge in [0.05, 0.1) is 12.2 Å². The standard InChI is InChI=1S/C18H26N6O/c1-23-11-12-24(17(14-23)15-5-3-2-4-6-15)10-9-19-18(25)20-13-16-7-8-21-22-16/h2-8,17H,9-14H2,1H3,(H,21,22)(H2,19,20,25)/t17-/m0/s1. The van der Waals surface area contributed by atoms with Crippen LogP contribution in [0.15, 0.2) is 42.6 Å². The normalized spacial score (nSPS) is 18.8. The quantitative estimate of drug-likeness (QED) is 0.737. The van der Waals surface area contributed by atoms with Gasteiger partial charge in [-0.3, -0.25) is 10.00 Å². The van der Waals surface area contributed by atoms with Crippen LogP contribution < -0.4 is 10.6 Å². The molecule has 1 aromatic carbocycles. The molecule has 0 spiro atoms. The predicted molar refractivity (Wildman–Crippen MR) is 97.1 cm³/mol. The molecule has 2 heterocycles. The molecule has 7 nitrogen and oxygen atoms in total. The zero-order valence-electron chi connectivity index (χ0n) is 14.6. The van der Waals surface area contributed by atoms with Gasteiger partial charge in [-0.2, -0.15) is 5.10 Å². The molecular formula is C18H26N6O. The second-order valence-corrected chi connectivity index (χ2v) is 6.42. The van der Waals surface area contributed by atoms with E-state index in [1.54, 1.807) is 6.20 Å². The monoisotopic (exact) mass is 342 g/mol. The van der Waals surface area contributed by atoms with Crippen molar-refractivity contribution in [1.29, 1.82) is 0 Å². The Kier molecular flexibility index (Phi) is 6.03. The van der Waals surface area contributed by atoms with Gasteiger partial charge in [-0.15, -0.1) is 0 Å². The van der Waals surface area contributed by atoms with Crippen LogP contribution in [0.1, 0.15) is 17.3 Å². The lowest BCUT2D eigenvalue weighted by molar-refractivity contribution is 0.0911. The van der Waals surface area contributed by atoms with E-state index in [-0.39, 0.29) is 6.03 Å². The van der Waals surface area contributed by atoms with Crippen LogP contribution in [-0.4, -0.2) is 65.8 Å². The first-order valence-electron chi connectivity index (χ1n) is 8.70. The van der Waals surface area contributed by atoms with Crippen LogP contribution in [0.5, 0.6) is 0 Å². The molecule has 1 aliphatic rings. The molecule has 0 unspecified atom stereocenters. The van der Waals surface area contributed by atoms with Crippen LogP contribution in [0.25, 0.3) is 0 Å². The Morgan fingerprint density at radius 1 is 1.24 bits per heavy atom. The van der Waals surface area contributed by atoms with E-state index in [1.807, 2.05) is 12.1 Å². The first-order chi connectivity index (χ1) is 12.2. The number of nitrogens with one attached hydrogen (secondary N) is 3. The lowest BCUT2D eigenvalue weighted by Gasteiger charge is -2.40. The topological polar surface area (TPSA) is 76.3 Å². The zero-order chi connectivity index (χ0) is 17.5. The highest BCUT2D eigenvalue weighted by atomic mass is 16.2. The molecule has 0 bridgehead atoms. The van der Waals surface area contributed by atoms with Crippen molar-refractivity contribution in [2.75, 3.05) is 39.8 Å². The number of benzene rings is 1. The maximum atomic E-state index is 11.9. The van der Waals surface area contributed by atoms with Crippen molar-refractivity contribution in [2.45, 2.75) is 12.6 Å². The van der Waals surface area contributed by atoms with Crippen molar-refractivity contribution in [2.24, 2.45) is 0 Å². The summed E-state index contributed by atoms with van der Waals surface area (Å²) < 4.78 is 0. The molecule has 1 aliphatic heterocycles. The molecule has 0 aliphatic carbocycles. The smallest absolute Gasteiger partial charge is 0.315 e. The van der Waals surface area contributed by atoms with Gasteiger partial charge in [0.1, 0.15) is 0 Å². The van der Waals surface area contributed by atoms with E-state index in [0.717, 1.165) is 31.9 Å². The molecule has 3 N–H and O–H groups in total. The van der Waals surface area contributed by atoms with Gasteiger partial charge in [0, 0.05) is 45.0 Å². The molecule has 1 saturated heterocycles. The average molecular weight is 342 g/mol. The molecule has 1 aromatic heterocycles. The molecule has 0 radical (unpaired) electrons. The number of hydrogen-bond acceptors (Lipinski definition) is 4. The van der Waals surface area contributed by atoms with E-state index in [1.165, 1.54) is 5.56 Å². The molecule has 3 rings (SSSR count). The Morgan fingerprint density at radius 2 is 2.08 bits per heavy atom. The third-order valence-electron chi connectivity index (χ3n) is 4.56. The van der Waals surface area contributed by atoms with E-state index in [9.17, 15) is 4.79 Å². The van der Waals surface area contributed by atoms with Gasteiger partial charge in [-0.25, -0.2) is 4.79 Å². The summed E-state index contributed by atoms with van der Waals surface area (Å²) in [7, 11) is 2.16. The van der Waals surface area contributed by atoms with Crippen molar-refractivity contribution in [1.82, 2.24) is 30.6 Å². The van der Waals surface area contributed by atoms with Crippen LogP contribution in [0, 0.1) is 0 Å². The predicted octanol–water partition coefficient (Wildman–Crippen LogP) is 1.20. The van der Waals surface area contributed by atoms with Crippen molar-refractivity contribution >= 4 is 6.03 Å². The van der Waals surface area contributed by atoms with Gasteiger partial charge < -0.3 is 15.5 Å². The van der Waals surface area contributed by atoms with E-state index in [2.05, 4.69) is 61.9 Å². The Hall–Kier alpha value is -2.38. The number of rotatable bonds is 6. The SMILES string of the molecule is CN1CCN(CCNC(=O)NCc2ccn[nH]2)[C@H](c2ccccc2)C1. The molecule has 2 aromatic rings. The van der Waals surface area contributed by atoms with Gasteiger partial charge in [0.2, 0.25) is 0 Å². The molecule has 1 atom stereocenters. The summed E-state index contributed by atoms with van der Waals surface area (Å²) in [5.41, 5.74) is 2.22. The second-order valence-electron chi connectivity index (χ2n) is 6.42. The Bertz CT molecular complexity index is 645. The molecule has 2 amide bonds. The highest BCUT2D eigenvalue weighted by molar-refractivity contribution is 5.73. The summed E-state index contributed by atoms with van der Waals surface area (Å²) in [5, 5.41) is 12.4. The molecule has 25 heavy (non-hydrogen) atoms. The number of carbonyl (C=O) groups excluding carboxylic acids is 1. The van der Waals surface area contributed by atoms with Gasteiger partial charge in [-0.1, -0.05) is 30.3 Å². The Balaban J connectivity index is 1.46. The fraction of sp³-hybridized carbons (Fsp3) is 0.444. The lowest BCUT2D eigenvalue weighted by atomic mass is 10.0. The summed E-state index contributed by atoms with van der Waals surface area (Å²) in [4.78, 5) is 16.7. The van der Waals surface area contributed by atoms with Crippen LogP contribution in [0.4, 0.5) is 4.79 Å². The van der Waals surface area contributed by atoms with E-state index in [4.69, 9.17) is 0 Å². The molecule has 134 valence electrons. The third kappa shape index (κ3) is 5.04. The average Bonchev–Trinajstić information content (AvgIpc) is 3.15. The highest BCUT2D eigenvalue weighted by Gasteiger charge is 2.26. The second kappa shape index (κ2) is 8.64. The zero-order valence-corrected chi connectivity index (χ0v) is 14.6. The first-order valence-corrected chi connectivity index (χ1v) is 8.70. The minimum absolute atomic E-state index is 0.153. The highest BCUT2D eigenvalue weighted by Crippen LogP contribution is 2.24. The number of hydrogen-bond donors (Lipinski definition) is 3. The van der Waals surface area contributed by atoms with E-state index < -0.39 is 0 Å². The number of amides is 2. The Morgan fingerprint density at radius 3 is 2.84 bits per heavy atom. The van der Waals surface area contributed by atoms with Gasteiger partial charge >= 0.3 is 6.03 Å². The number of aromatic amines is 1. The van der Waals surface area contributed by atoms with E-state index in [0.29, 0.717) is 19.1 Å². The van der Waals surface area contributed by atoms with Gasteiger partial charge in [-0.05, 0) is 18.7 Å². The Labute approximate surface area is 148 Å². The van der Waals surface area contributed by atoms with Crippen LogP contribution in [0.3, 0.4) is 0 Å². The largest absolute Gasteiger partial charge is 0.337 e. The summed E-state index contributed by atoms with van der Waals surface area (Å²) in [6, 6.07) is 12.6. The molecule has 1 fully saturated rings. The molecule has 0 saturated carbocycles. The summed E-state index contributed by atoms with van der Waals surface area (Å²) >= 11 is 0. The lowest BCUT2D eigenvalue weighted by Crippen LogP contribution is -2.49. The van der Waals surface area contributed by atoms with Crippen molar-refractivity contribution in [3.63, 3.8) is 0 Å². The van der Waals surface area contributed by atoms with Crippen LogP contribution in [0.2, 0.25) is 0 Å². The number of likely N-dealkylation sites (N-methyl/N-ethyl adjacent to an activating group) is 1. The van der Waals surface area contributed by atoms with E-state index >= 15 is 0 Å². The number of aromatic nitrogens is 2. The van der Waals surface area contributed by atoms with Crippen molar-refractivity contribution in [3.05, 3.63) is 53.9 Å². The van der Waals surface area contributed by atoms with Gasteiger partial charge in [0.15, 0.2) is 0 Å². The van der Waals surface area contributed by atoms with Crippen molar-refractivity contribution < 1.29 is 4.79 Å². The van der Waals surface area contributed by atoms with Crippen LogP contribution >= 0.6 is 0 Å².